The van der Waals surface area contributed by atoms with Gasteiger partial charge in [0.2, 0.25) is 5.95 Å². The van der Waals surface area contributed by atoms with E-state index in [2.05, 4.69) is 25.3 Å². The van der Waals surface area contributed by atoms with E-state index in [0.29, 0.717) is 28.4 Å². The molecule has 1 fully saturated rings. The van der Waals surface area contributed by atoms with Gasteiger partial charge in [-0.2, -0.15) is 4.98 Å². The highest BCUT2D eigenvalue weighted by molar-refractivity contribution is 7.92. The third-order valence-electron chi connectivity index (χ3n) is 6.88. The van der Waals surface area contributed by atoms with E-state index in [9.17, 15) is 8.42 Å². The minimum Gasteiger partial charge on any atom is -0.350 e. The molecule has 0 amide bonds. The van der Waals surface area contributed by atoms with Crippen LogP contribution in [-0.4, -0.2) is 46.9 Å². The summed E-state index contributed by atoms with van der Waals surface area (Å²) in [6.45, 7) is 5.64. The number of piperidine rings is 1. The molecule has 6 rings (SSSR count). The zero-order valence-corrected chi connectivity index (χ0v) is 22.4. The first-order valence-electron chi connectivity index (χ1n) is 12.8. The number of pyridine rings is 1. The van der Waals surface area contributed by atoms with E-state index in [1.807, 2.05) is 30.5 Å². The lowest BCUT2D eigenvalue weighted by atomic mass is 10.1. The van der Waals surface area contributed by atoms with Gasteiger partial charge in [-0.25, -0.2) is 22.8 Å². The van der Waals surface area contributed by atoms with E-state index in [4.69, 9.17) is 4.98 Å². The zero-order chi connectivity index (χ0) is 27.1. The second-order valence-corrected chi connectivity index (χ2v) is 11.6. The number of imidazole rings is 1. The molecule has 1 atom stereocenters. The van der Waals surface area contributed by atoms with Crippen LogP contribution < -0.4 is 15.4 Å². The molecule has 39 heavy (non-hydrogen) atoms. The fourth-order valence-electron chi connectivity index (χ4n) is 4.87. The predicted octanol–water partition coefficient (Wildman–Crippen LogP) is 4.67. The van der Waals surface area contributed by atoms with E-state index < -0.39 is 15.8 Å². The molecule has 0 radical (unpaired) electrons. The van der Waals surface area contributed by atoms with Crippen LogP contribution in [0, 0.1) is 19.7 Å². The minimum atomic E-state index is -3.94. The second-order valence-electron chi connectivity index (χ2n) is 9.91. The molecular weight excluding hydrogens is 517 g/mol. The molecule has 1 saturated heterocycles. The highest BCUT2D eigenvalue weighted by atomic mass is 32.2. The van der Waals surface area contributed by atoms with Crippen LogP contribution in [-0.2, 0) is 10.0 Å². The number of rotatable bonds is 6. The average Bonchev–Trinajstić information content (AvgIpc) is 3.32. The molecular formula is C28H28FN7O2S. The largest absolute Gasteiger partial charge is 0.350 e. The van der Waals surface area contributed by atoms with Crippen molar-refractivity contribution in [1.29, 1.82) is 0 Å². The summed E-state index contributed by atoms with van der Waals surface area (Å²) in [5.74, 6) is -0.144. The number of hydrogen-bond donors (Lipinski definition) is 3. The van der Waals surface area contributed by atoms with Crippen LogP contribution in [0.5, 0.6) is 0 Å². The maximum absolute atomic E-state index is 15.2. The third-order valence-corrected chi connectivity index (χ3v) is 8.26. The van der Waals surface area contributed by atoms with Crippen LogP contribution >= 0.6 is 0 Å². The number of aromatic nitrogens is 4. The maximum Gasteiger partial charge on any atom is 0.261 e. The molecule has 0 spiro atoms. The van der Waals surface area contributed by atoms with Crippen LogP contribution in [0.3, 0.4) is 0 Å². The molecule has 1 aliphatic rings. The first-order valence-corrected chi connectivity index (χ1v) is 14.3. The average molecular weight is 546 g/mol. The molecule has 2 aromatic carbocycles. The Balaban J connectivity index is 1.35. The van der Waals surface area contributed by atoms with E-state index in [-0.39, 0.29) is 16.6 Å². The summed E-state index contributed by atoms with van der Waals surface area (Å²) in [4.78, 5) is 14.0. The Morgan fingerprint density at radius 3 is 2.62 bits per heavy atom. The summed E-state index contributed by atoms with van der Waals surface area (Å²) in [7, 11) is -3.94. The van der Waals surface area contributed by atoms with Gasteiger partial charge in [0.25, 0.3) is 10.0 Å². The predicted molar refractivity (Wildman–Crippen MR) is 150 cm³/mol. The first kappa shape index (κ1) is 25.2. The van der Waals surface area contributed by atoms with Crippen molar-refractivity contribution in [2.75, 3.05) is 23.1 Å². The molecule has 4 heterocycles. The van der Waals surface area contributed by atoms with Gasteiger partial charge in [0.1, 0.15) is 11.5 Å². The number of benzene rings is 2. The van der Waals surface area contributed by atoms with E-state index in [1.165, 1.54) is 24.3 Å². The van der Waals surface area contributed by atoms with Crippen molar-refractivity contribution >= 4 is 38.3 Å². The van der Waals surface area contributed by atoms with Gasteiger partial charge < -0.3 is 10.6 Å². The van der Waals surface area contributed by atoms with Gasteiger partial charge in [0.05, 0.1) is 16.3 Å². The van der Waals surface area contributed by atoms with Crippen molar-refractivity contribution in [3.63, 3.8) is 0 Å². The number of nitrogens with zero attached hydrogens (tertiary/aromatic N) is 4. The quantitative estimate of drug-likeness (QED) is 0.284. The molecule has 3 N–H and O–H groups in total. The summed E-state index contributed by atoms with van der Waals surface area (Å²) >= 11 is 0. The number of anilines is 2. The number of halogens is 1. The van der Waals surface area contributed by atoms with Crippen molar-refractivity contribution in [2.45, 2.75) is 37.6 Å². The number of sulfonamides is 1. The van der Waals surface area contributed by atoms with E-state index in [1.54, 1.807) is 24.4 Å². The Bertz CT molecular complexity index is 1800. The number of fused-ring (bicyclic) bond motifs is 3. The van der Waals surface area contributed by atoms with Crippen molar-refractivity contribution in [2.24, 2.45) is 0 Å². The van der Waals surface area contributed by atoms with Crippen molar-refractivity contribution in [3.05, 3.63) is 78.0 Å². The topological polar surface area (TPSA) is 113 Å². The van der Waals surface area contributed by atoms with Gasteiger partial charge in [-0.15, -0.1) is 0 Å². The number of aryl methyl sites for hydroxylation is 2. The second kappa shape index (κ2) is 9.90. The van der Waals surface area contributed by atoms with Gasteiger partial charge in [-0.1, -0.05) is 23.8 Å². The van der Waals surface area contributed by atoms with Crippen LogP contribution in [0.4, 0.5) is 16.0 Å². The third kappa shape index (κ3) is 5.02. The Labute approximate surface area is 225 Å². The minimum absolute atomic E-state index is 0.0642. The molecule has 9 nitrogen and oxygen atoms in total. The number of hydrogen-bond acceptors (Lipinski definition) is 7. The highest BCUT2D eigenvalue weighted by Crippen LogP contribution is 2.32. The van der Waals surface area contributed by atoms with Crippen LogP contribution in [0.2, 0.25) is 0 Å². The first-order chi connectivity index (χ1) is 18.8. The Kier molecular flexibility index (Phi) is 6.40. The summed E-state index contributed by atoms with van der Waals surface area (Å²) in [6, 6.07) is 12.9. The Morgan fingerprint density at radius 2 is 1.87 bits per heavy atom. The molecule has 5 aromatic rings. The van der Waals surface area contributed by atoms with Crippen LogP contribution in [0.1, 0.15) is 24.1 Å². The summed E-state index contributed by atoms with van der Waals surface area (Å²) < 4.78 is 45.1. The summed E-state index contributed by atoms with van der Waals surface area (Å²) in [5.41, 5.74) is 4.14. The highest BCUT2D eigenvalue weighted by Gasteiger charge is 2.19. The monoisotopic (exact) mass is 545 g/mol. The van der Waals surface area contributed by atoms with Crippen molar-refractivity contribution in [3.8, 4) is 11.1 Å². The molecule has 1 aliphatic heterocycles. The normalized spacial score (nSPS) is 16.0. The van der Waals surface area contributed by atoms with Crippen LogP contribution in [0.25, 0.3) is 27.8 Å². The lowest BCUT2D eigenvalue weighted by molar-refractivity contribution is 0.478. The Morgan fingerprint density at radius 1 is 1.05 bits per heavy atom. The summed E-state index contributed by atoms with van der Waals surface area (Å²) in [5, 5.41) is 7.56. The fourth-order valence-corrected chi connectivity index (χ4v) is 5.94. The lowest BCUT2D eigenvalue weighted by Crippen LogP contribution is -2.38. The van der Waals surface area contributed by atoms with E-state index >= 15 is 4.39 Å². The van der Waals surface area contributed by atoms with Gasteiger partial charge in [-0.3, -0.25) is 9.12 Å². The maximum atomic E-state index is 15.2. The molecule has 0 bridgehead atoms. The van der Waals surface area contributed by atoms with Gasteiger partial charge in [0, 0.05) is 35.9 Å². The molecule has 11 heteroatoms. The Hall–Kier alpha value is -4.09. The van der Waals surface area contributed by atoms with Gasteiger partial charge >= 0.3 is 0 Å². The molecule has 0 aliphatic carbocycles. The van der Waals surface area contributed by atoms with Crippen molar-refractivity contribution in [1.82, 2.24) is 24.7 Å². The molecule has 3 aromatic heterocycles. The van der Waals surface area contributed by atoms with Crippen LogP contribution in [0.15, 0.2) is 65.8 Å². The van der Waals surface area contributed by atoms with Gasteiger partial charge in [0.15, 0.2) is 5.65 Å². The number of nitrogens with one attached hydrogen (secondary N) is 3. The fraction of sp³-hybridized carbons (Fsp3) is 0.250. The van der Waals surface area contributed by atoms with Crippen molar-refractivity contribution < 1.29 is 12.8 Å². The lowest BCUT2D eigenvalue weighted by Gasteiger charge is -2.23. The SMILES string of the molecule is Cc1ccc(S(=O)(=O)Nc2ccc(-c3cc4cnc(NC5CCCNC5)nc4n4cc(C)nc34)cc2F)cc1. The molecule has 200 valence electrons. The summed E-state index contributed by atoms with van der Waals surface area (Å²) in [6.07, 6.45) is 5.79. The van der Waals surface area contributed by atoms with Gasteiger partial charge in [-0.05, 0) is 69.1 Å². The smallest absolute Gasteiger partial charge is 0.261 e. The molecule has 1 unspecified atom stereocenters. The molecule has 0 saturated carbocycles. The standard InChI is InChI=1S/C28H28FN7O2S/c1-17-5-8-22(9-6-17)39(37,38)35-25-10-7-19(13-24(25)29)23-12-20-14-31-28(33-21-4-3-11-30-15-21)34-26(20)36-16-18(2)32-27(23)36/h5-10,12-14,16,21,30,35H,3-4,11,15H2,1-2H3,(H,31,33,34). The van der Waals surface area contributed by atoms with E-state index in [0.717, 1.165) is 42.6 Å². The zero-order valence-electron chi connectivity index (χ0n) is 21.6.